The first-order chi connectivity index (χ1) is 11.5. The van der Waals surface area contributed by atoms with Crippen LogP contribution in [0.1, 0.15) is 32.1 Å². The molecule has 5 N–H and O–H groups in total. The molecule has 0 bridgehead atoms. The summed E-state index contributed by atoms with van der Waals surface area (Å²) < 4.78 is 5.52. The predicted molar refractivity (Wildman–Crippen MR) is 88.2 cm³/mol. The summed E-state index contributed by atoms with van der Waals surface area (Å²) in [5, 5.41) is 8.97. The maximum atomic E-state index is 12.2. The van der Waals surface area contributed by atoms with E-state index in [1.807, 2.05) is 4.90 Å². The zero-order valence-corrected chi connectivity index (χ0v) is 13.9. The predicted octanol–water partition coefficient (Wildman–Crippen LogP) is -0.764. The Hall–Kier alpha value is -2.03. The maximum Gasteiger partial charge on any atom is 0.410 e. The van der Waals surface area contributed by atoms with E-state index < -0.39 is 5.60 Å². The minimum atomic E-state index is -0.504. The first kappa shape index (κ1) is 18.3. The number of hydrogen-bond donors (Lipinski definition) is 3. The Morgan fingerprint density at radius 1 is 1.29 bits per heavy atom. The van der Waals surface area contributed by atoms with Gasteiger partial charge in [0.15, 0.2) is 5.96 Å². The van der Waals surface area contributed by atoms with Gasteiger partial charge in [0.1, 0.15) is 5.60 Å². The van der Waals surface area contributed by atoms with Crippen LogP contribution < -0.4 is 11.5 Å². The van der Waals surface area contributed by atoms with Crippen molar-refractivity contribution in [3.63, 3.8) is 0 Å². The van der Waals surface area contributed by atoms with Crippen LogP contribution >= 0.6 is 0 Å². The molecule has 24 heavy (non-hydrogen) atoms. The fourth-order valence-electron chi connectivity index (χ4n) is 3.16. The van der Waals surface area contributed by atoms with Gasteiger partial charge in [-0.3, -0.25) is 9.79 Å². The Labute approximate surface area is 141 Å². The summed E-state index contributed by atoms with van der Waals surface area (Å²) in [7, 11) is 0. The smallest absolute Gasteiger partial charge is 0.410 e. The molecule has 0 aliphatic carbocycles. The van der Waals surface area contributed by atoms with Gasteiger partial charge in [0, 0.05) is 45.4 Å². The molecule has 0 aromatic carbocycles. The van der Waals surface area contributed by atoms with Gasteiger partial charge in [-0.25, -0.2) is 4.79 Å². The number of carbonyl (C=O) groups is 2. The first-order valence-electron chi connectivity index (χ1n) is 8.38. The minimum Gasteiger partial charge on any atom is -0.441 e. The highest BCUT2D eigenvalue weighted by molar-refractivity contribution is 5.76. The number of aliphatic hydroxyl groups is 1. The number of carbonyl (C=O) groups excluding carboxylic acids is 2. The summed E-state index contributed by atoms with van der Waals surface area (Å²) in [6.07, 6.45) is 2.90. The van der Waals surface area contributed by atoms with Gasteiger partial charge in [0.25, 0.3) is 0 Å². The van der Waals surface area contributed by atoms with E-state index in [-0.39, 0.29) is 24.6 Å². The lowest BCUT2D eigenvalue weighted by atomic mass is 9.91. The average Bonchev–Trinajstić information content (AvgIpc) is 2.83. The average molecular weight is 341 g/mol. The standard InChI is InChI=1S/C15H27N5O4/c16-13(17)18-6-2-1-3-12(22)19-7-4-15(5-8-19)11-20(9-10-21)14(23)24-15/h21H,1-11H2,(H4,16,17,18). The normalized spacial score (nSPS) is 19.5. The van der Waals surface area contributed by atoms with E-state index in [4.69, 9.17) is 21.3 Å². The van der Waals surface area contributed by atoms with Crippen LogP contribution in [0, 0.1) is 0 Å². The molecule has 136 valence electrons. The molecule has 2 rings (SSSR count). The molecule has 2 amide bonds. The molecule has 0 unspecified atom stereocenters. The molecular formula is C15H27N5O4. The topological polar surface area (TPSA) is 134 Å². The fourth-order valence-corrected chi connectivity index (χ4v) is 3.16. The Morgan fingerprint density at radius 3 is 2.62 bits per heavy atom. The number of β-amino-alcohol motifs (C(OH)–C–C–N with tert-alkyl or cyclic N) is 1. The molecule has 0 aromatic rings. The number of guanidine groups is 1. The van der Waals surface area contributed by atoms with Crippen LogP contribution in [0.15, 0.2) is 4.99 Å². The molecule has 2 aliphatic rings. The third-order valence-corrected chi connectivity index (χ3v) is 4.53. The van der Waals surface area contributed by atoms with Crippen molar-refractivity contribution in [2.75, 3.05) is 39.3 Å². The lowest BCUT2D eigenvalue weighted by Gasteiger charge is -2.37. The molecule has 2 saturated heterocycles. The maximum absolute atomic E-state index is 12.2. The number of aliphatic imine (C=N–C) groups is 1. The first-order valence-corrected chi connectivity index (χ1v) is 8.38. The largest absolute Gasteiger partial charge is 0.441 e. The number of unbranched alkanes of at least 4 members (excludes halogenated alkanes) is 1. The highest BCUT2D eigenvalue weighted by Crippen LogP contribution is 2.33. The van der Waals surface area contributed by atoms with E-state index in [9.17, 15) is 9.59 Å². The fraction of sp³-hybridized carbons (Fsp3) is 0.800. The molecule has 9 heteroatoms. The SMILES string of the molecule is NC(N)=NCCCCC(=O)N1CCC2(CC1)CN(CCO)C(=O)O2. The van der Waals surface area contributed by atoms with Gasteiger partial charge in [-0.2, -0.15) is 0 Å². The van der Waals surface area contributed by atoms with Crippen LogP contribution in [0.5, 0.6) is 0 Å². The van der Waals surface area contributed by atoms with Crippen molar-refractivity contribution in [2.45, 2.75) is 37.7 Å². The van der Waals surface area contributed by atoms with Gasteiger partial charge in [-0.1, -0.05) is 0 Å². The monoisotopic (exact) mass is 341 g/mol. The van der Waals surface area contributed by atoms with E-state index in [0.29, 0.717) is 52.0 Å². The Bertz CT molecular complexity index is 484. The number of hydrogen-bond acceptors (Lipinski definition) is 5. The summed E-state index contributed by atoms with van der Waals surface area (Å²) >= 11 is 0. The summed E-state index contributed by atoms with van der Waals surface area (Å²) in [5.74, 6) is 0.190. The zero-order valence-electron chi connectivity index (χ0n) is 13.9. The Kier molecular flexibility index (Phi) is 6.24. The summed E-state index contributed by atoms with van der Waals surface area (Å²) in [4.78, 5) is 31.3. The molecule has 1 spiro atoms. The van der Waals surface area contributed by atoms with Crippen molar-refractivity contribution in [1.82, 2.24) is 9.80 Å². The molecule has 9 nitrogen and oxygen atoms in total. The third-order valence-electron chi connectivity index (χ3n) is 4.53. The number of ether oxygens (including phenoxy) is 1. The Morgan fingerprint density at radius 2 is 2.00 bits per heavy atom. The molecule has 0 aromatic heterocycles. The number of piperidine rings is 1. The van der Waals surface area contributed by atoms with Crippen molar-refractivity contribution < 1.29 is 19.4 Å². The molecule has 0 atom stereocenters. The summed E-state index contributed by atoms with van der Waals surface area (Å²) in [5.41, 5.74) is 9.99. The van der Waals surface area contributed by atoms with Crippen LogP contribution in [-0.2, 0) is 9.53 Å². The van der Waals surface area contributed by atoms with Gasteiger partial charge in [-0.05, 0) is 12.8 Å². The molecule has 2 heterocycles. The number of amides is 2. The van der Waals surface area contributed by atoms with E-state index in [0.717, 1.165) is 12.8 Å². The number of likely N-dealkylation sites (tertiary alicyclic amines) is 1. The van der Waals surface area contributed by atoms with Gasteiger partial charge in [-0.15, -0.1) is 0 Å². The van der Waals surface area contributed by atoms with Crippen molar-refractivity contribution in [2.24, 2.45) is 16.5 Å². The van der Waals surface area contributed by atoms with Crippen LogP contribution in [0.2, 0.25) is 0 Å². The minimum absolute atomic E-state index is 0.0732. The zero-order chi connectivity index (χ0) is 17.6. The lowest BCUT2D eigenvalue weighted by molar-refractivity contribution is -0.134. The van der Waals surface area contributed by atoms with Gasteiger partial charge >= 0.3 is 6.09 Å². The third kappa shape index (κ3) is 4.73. The van der Waals surface area contributed by atoms with Crippen LogP contribution in [0.3, 0.4) is 0 Å². The van der Waals surface area contributed by atoms with E-state index in [1.54, 1.807) is 0 Å². The van der Waals surface area contributed by atoms with Gasteiger partial charge in [0.05, 0.1) is 13.2 Å². The summed E-state index contributed by atoms with van der Waals surface area (Å²) in [6, 6.07) is 0. The Balaban J connectivity index is 1.71. The van der Waals surface area contributed by atoms with Crippen LogP contribution in [-0.4, -0.2) is 77.8 Å². The van der Waals surface area contributed by atoms with Crippen molar-refractivity contribution in [3.8, 4) is 0 Å². The second-order valence-electron chi connectivity index (χ2n) is 6.34. The number of nitrogens with zero attached hydrogens (tertiary/aromatic N) is 3. The van der Waals surface area contributed by atoms with Gasteiger partial charge in [0.2, 0.25) is 5.91 Å². The van der Waals surface area contributed by atoms with Crippen molar-refractivity contribution in [3.05, 3.63) is 0 Å². The molecular weight excluding hydrogens is 314 g/mol. The van der Waals surface area contributed by atoms with Crippen LogP contribution in [0.4, 0.5) is 4.79 Å². The van der Waals surface area contributed by atoms with E-state index in [2.05, 4.69) is 4.99 Å². The second-order valence-corrected chi connectivity index (χ2v) is 6.34. The number of nitrogens with two attached hydrogens (primary N) is 2. The second kappa shape index (κ2) is 8.18. The van der Waals surface area contributed by atoms with Crippen molar-refractivity contribution >= 4 is 18.0 Å². The van der Waals surface area contributed by atoms with Crippen LogP contribution in [0.25, 0.3) is 0 Å². The quantitative estimate of drug-likeness (QED) is 0.316. The van der Waals surface area contributed by atoms with Gasteiger partial charge < -0.3 is 31.1 Å². The summed E-state index contributed by atoms with van der Waals surface area (Å²) in [6.45, 7) is 2.43. The number of aliphatic hydroxyl groups excluding tert-OH is 1. The number of rotatable bonds is 7. The highest BCUT2D eigenvalue weighted by atomic mass is 16.6. The van der Waals surface area contributed by atoms with E-state index in [1.165, 1.54) is 4.90 Å². The van der Waals surface area contributed by atoms with Crippen molar-refractivity contribution in [1.29, 1.82) is 0 Å². The molecule has 2 fully saturated rings. The van der Waals surface area contributed by atoms with E-state index >= 15 is 0 Å². The molecule has 0 saturated carbocycles. The highest BCUT2D eigenvalue weighted by Gasteiger charge is 2.47. The molecule has 0 radical (unpaired) electrons. The lowest BCUT2D eigenvalue weighted by Crippen LogP contribution is -2.48. The molecule has 2 aliphatic heterocycles.